The van der Waals surface area contributed by atoms with E-state index in [0.29, 0.717) is 17.7 Å². The Hall–Kier alpha value is -1.31. The lowest BCUT2D eigenvalue weighted by molar-refractivity contribution is -0.136. The van der Waals surface area contributed by atoms with Crippen LogP contribution in [0.4, 0.5) is 4.39 Å². The highest BCUT2D eigenvalue weighted by atomic mass is 32.2. The Balaban J connectivity index is 2.13. The highest BCUT2D eigenvalue weighted by Crippen LogP contribution is 2.31. The molecule has 1 aromatic rings. The molecule has 0 aromatic heterocycles. The van der Waals surface area contributed by atoms with Gasteiger partial charge in [-0.3, -0.25) is 4.79 Å². The van der Waals surface area contributed by atoms with Gasteiger partial charge in [-0.25, -0.2) is 13.3 Å². The molecule has 3 unspecified atom stereocenters. The number of aliphatic carboxylic acids is 1. The van der Waals surface area contributed by atoms with Gasteiger partial charge in [-0.15, -0.1) is 0 Å². The molecule has 0 saturated carbocycles. The largest absolute Gasteiger partial charge is 0.481 e. The molecule has 0 spiro atoms. The SMILES string of the molecule is CC(C)(C)S(=O)NC1OCC1c1cc(F)cc(CC(=O)O)c1. The lowest BCUT2D eigenvalue weighted by atomic mass is 9.92. The predicted octanol–water partition coefficient (Wildman–Crippen LogP) is 1.94. The summed E-state index contributed by atoms with van der Waals surface area (Å²) >= 11 is 0. The molecule has 1 aliphatic rings. The summed E-state index contributed by atoms with van der Waals surface area (Å²) in [7, 11) is -1.29. The lowest BCUT2D eigenvalue weighted by Gasteiger charge is -2.38. The topological polar surface area (TPSA) is 75.6 Å². The first kappa shape index (κ1) is 17.1. The van der Waals surface area contributed by atoms with Crippen LogP contribution in [0.5, 0.6) is 0 Å². The van der Waals surface area contributed by atoms with Crippen LogP contribution in [0.2, 0.25) is 0 Å². The second kappa shape index (κ2) is 6.44. The average molecular weight is 329 g/mol. The summed E-state index contributed by atoms with van der Waals surface area (Å²) in [6.45, 7) is 5.92. The number of hydrogen-bond donors (Lipinski definition) is 2. The van der Waals surface area contributed by atoms with E-state index in [9.17, 15) is 13.4 Å². The first-order valence-corrected chi connectivity index (χ1v) is 8.12. The van der Waals surface area contributed by atoms with Crippen molar-refractivity contribution in [3.05, 3.63) is 35.1 Å². The van der Waals surface area contributed by atoms with Gasteiger partial charge in [0.1, 0.15) is 12.0 Å². The molecule has 1 aliphatic heterocycles. The molecule has 2 N–H and O–H groups in total. The van der Waals surface area contributed by atoms with Crippen molar-refractivity contribution in [2.45, 2.75) is 44.1 Å². The molecule has 1 aromatic carbocycles. The fraction of sp³-hybridized carbons (Fsp3) is 0.533. The Labute approximate surface area is 131 Å². The Morgan fingerprint density at radius 3 is 2.64 bits per heavy atom. The zero-order chi connectivity index (χ0) is 16.5. The van der Waals surface area contributed by atoms with Gasteiger partial charge < -0.3 is 9.84 Å². The van der Waals surface area contributed by atoms with Crippen LogP contribution in [-0.4, -0.2) is 32.9 Å². The number of halogens is 1. The molecule has 3 atom stereocenters. The van der Waals surface area contributed by atoms with Gasteiger partial charge >= 0.3 is 5.97 Å². The summed E-state index contributed by atoms with van der Waals surface area (Å²) in [6, 6.07) is 4.25. The first-order valence-electron chi connectivity index (χ1n) is 6.97. The Morgan fingerprint density at radius 1 is 1.45 bits per heavy atom. The van der Waals surface area contributed by atoms with Crippen LogP contribution in [0.15, 0.2) is 18.2 Å². The molecule has 7 heteroatoms. The van der Waals surface area contributed by atoms with Crippen molar-refractivity contribution < 1.29 is 23.2 Å². The van der Waals surface area contributed by atoms with E-state index >= 15 is 0 Å². The van der Waals surface area contributed by atoms with E-state index in [1.807, 2.05) is 20.8 Å². The monoisotopic (exact) mass is 329 g/mol. The molecule has 1 saturated heterocycles. The molecule has 1 heterocycles. The molecular weight excluding hydrogens is 309 g/mol. The van der Waals surface area contributed by atoms with Crippen LogP contribution in [0.3, 0.4) is 0 Å². The summed E-state index contributed by atoms with van der Waals surface area (Å²) < 4.78 is 33.6. The number of ether oxygens (including phenoxy) is 1. The molecule has 22 heavy (non-hydrogen) atoms. The van der Waals surface area contributed by atoms with Gasteiger partial charge in [0, 0.05) is 5.92 Å². The summed E-state index contributed by atoms with van der Waals surface area (Å²) in [6.07, 6.45) is -0.691. The minimum absolute atomic E-state index is 0.144. The van der Waals surface area contributed by atoms with E-state index in [1.54, 1.807) is 6.07 Å². The lowest BCUT2D eigenvalue weighted by Crippen LogP contribution is -2.51. The standard InChI is InChI=1S/C15H20FNO4S/c1-15(2,3)22(20)17-14-12(8-21-14)10-4-9(6-13(18)19)5-11(16)7-10/h4-5,7,12,14,17H,6,8H2,1-3H3,(H,18,19). The fourth-order valence-electron chi connectivity index (χ4n) is 2.12. The summed E-state index contributed by atoms with van der Waals surface area (Å²) in [5, 5.41) is 8.82. The van der Waals surface area contributed by atoms with Crippen LogP contribution in [-0.2, 0) is 26.9 Å². The van der Waals surface area contributed by atoms with Gasteiger partial charge in [0.05, 0.1) is 28.8 Å². The zero-order valence-electron chi connectivity index (χ0n) is 12.8. The maximum Gasteiger partial charge on any atom is 0.307 e. The van der Waals surface area contributed by atoms with E-state index in [2.05, 4.69) is 4.72 Å². The third kappa shape index (κ3) is 4.12. The molecule has 0 aliphatic carbocycles. The quantitative estimate of drug-likeness (QED) is 0.866. The summed E-state index contributed by atoms with van der Waals surface area (Å²) in [5.74, 6) is -1.63. The zero-order valence-corrected chi connectivity index (χ0v) is 13.6. The van der Waals surface area contributed by atoms with E-state index in [4.69, 9.17) is 9.84 Å². The van der Waals surface area contributed by atoms with E-state index in [-0.39, 0.29) is 12.3 Å². The van der Waals surface area contributed by atoms with Crippen LogP contribution >= 0.6 is 0 Å². The number of hydrogen-bond acceptors (Lipinski definition) is 3. The summed E-state index contributed by atoms with van der Waals surface area (Å²) in [5.41, 5.74) is 1.07. The van der Waals surface area contributed by atoms with E-state index in [0.717, 1.165) is 0 Å². The minimum atomic E-state index is -1.29. The molecule has 2 rings (SSSR count). The van der Waals surface area contributed by atoms with Gasteiger partial charge in [-0.2, -0.15) is 0 Å². The first-order chi connectivity index (χ1) is 10.2. The molecular formula is C15H20FNO4S. The fourth-order valence-corrected chi connectivity index (χ4v) is 2.92. The predicted molar refractivity (Wildman–Crippen MR) is 81.3 cm³/mol. The molecule has 0 amide bonds. The summed E-state index contributed by atoms with van der Waals surface area (Å²) in [4.78, 5) is 10.8. The number of carboxylic acid groups (broad SMARTS) is 1. The molecule has 0 radical (unpaired) electrons. The van der Waals surface area contributed by atoms with Gasteiger partial charge in [0.25, 0.3) is 0 Å². The number of rotatable bonds is 5. The molecule has 0 bridgehead atoms. The van der Waals surface area contributed by atoms with Gasteiger partial charge in [0.2, 0.25) is 0 Å². The third-order valence-electron chi connectivity index (χ3n) is 3.36. The Bertz CT molecular complexity index is 600. The Morgan fingerprint density at radius 2 is 2.14 bits per heavy atom. The van der Waals surface area contributed by atoms with Gasteiger partial charge in [-0.1, -0.05) is 6.07 Å². The van der Waals surface area contributed by atoms with E-state index < -0.39 is 33.7 Å². The van der Waals surface area contributed by atoms with Crippen molar-refractivity contribution >= 4 is 17.0 Å². The maximum absolute atomic E-state index is 13.7. The number of carboxylic acids is 1. The van der Waals surface area contributed by atoms with Crippen molar-refractivity contribution in [3.8, 4) is 0 Å². The van der Waals surface area contributed by atoms with Gasteiger partial charge in [-0.05, 0) is 44.0 Å². The van der Waals surface area contributed by atoms with Gasteiger partial charge in [0.15, 0.2) is 0 Å². The molecule has 5 nitrogen and oxygen atoms in total. The van der Waals surface area contributed by atoms with Crippen molar-refractivity contribution in [1.82, 2.24) is 4.72 Å². The minimum Gasteiger partial charge on any atom is -0.481 e. The molecule has 122 valence electrons. The second-order valence-electron chi connectivity index (χ2n) is 6.32. The number of nitrogens with one attached hydrogen (secondary N) is 1. The highest BCUT2D eigenvalue weighted by Gasteiger charge is 2.37. The van der Waals surface area contributed by atoms with Crippen molar-refractivity contribution in [1.29, 1.82) is 0 Å². The normalized spacial score (nSPS) is 22.9. The van der Waals surface area contributed by atoms with Crippen molar-refractivity contribution in [2.24, 2.45) is 0 Å². The van der Waals surface area contributed by atoms with Crippen LogP contribution in [0.1, 0.15) is 37.8 Å². The maximum atomic E-state index is 13.7. The average Bonchev–Trinajstić information content (AvgIpc) is 2.31. The smallest absolute Gasteiger partial charge is 0.307 e. The molecule has 1 fully saturated rings. The van der Waals surface area contributed by atoms with E-state index in [1.165, 1.54) is 12.1 Å². The second-order valence-corrected chi connectivity index (χ2v) is 8.32. The number of carbonyl (C=O) groups is 1. The van der Waals surface area contributed by atoms with Crippen molar-refractivity contribution in [2.75, 3.05) is 6.61 Å². The van der Waals surface area contributed by atoms with Crippen LogP contribution < -0.4 is 4.72 Å². The van der Waals surface area contributed by atoms with Crippen LogP contribution in [0, 0.1) is 5.82 Å². The number of benzene rings is 1. The third-order valence-corrected chi connectivity index (χ3v) is 4.92. The Kier molecular flexibility index (Phi) is 4.99. The highest BCUT2D eigenvalue weighted by molar-refractivity contribution is 7.84. The van der Waals surface area contributed by atoms with Crippen molar-refractivity contribution in [3.63, 3.8) is 0 Å². The van der Waals surface area contributed by atoms with Crippen LogP contribution in [0.25, 0.3) is 0 Å².